The Morgan fingerprint density at radius 2 is 1.75 bits per heavy atom. The first-order chi connectivity index (χ1) is 11.5. The molecule has 1 N–H and O–H groups in total. The highest BCUT2D eigenvalue weighted by Gasteiger charge is 2.41. The maximum absolute atomic E-state index is 12.8. The van der Waals surface area contributed by atoms with Gasteiger partial charge in [-0.25, -0.2) is 4.39 Å². The highest BCUT2D eigenvalue weighted by Crippen LogP contribution is 2.40. The van der Waals surface area contributed by atoms with Crippen LogP contribution < -0.4 is 5.32 Å². The second kappa shape index (κ2) is 7.11. The second-order valence-corrected chi connectivity index (χ2v) is 6.56. The standard InChI is InChI=1S/C18H20FNO4/c19-14-4-6-15(7-5-14)20-16(21)10-24-18(23)13-8-11-2-1-3-12(9-13)17(11)22/h4-7,11-13H,1-3,8-10H2,(H,20,21)/t11-,12+,13?. The monoisotopic (exact) mass is 333 g/mol. The van der Waals surface area contributed by atoms with E-state index < -0.39 is 17.7 Å². The molecule has 0 saturated heterocycles. The van der Waals surface area contributed by atoms with Crippen LogP contribution in [0.2, 0.25) is 0 Å². The van der Waals surface area contributed by atoms with Gasteiger partial charge < -0.3 is 10.1 Å². The number of ketones is 1. The molecule has 0 aliphatic heterocycles. The van der Waals surface area contributed by atoms with E-state index in [4.69, 9.17) is 4.74 Å². The average Bonchev–Trinajstić information content (AvgIpc) is 2.54. The number of fused-ring (bicyclic) bond motifs is 2. The van der Waals surface area contributed by atoms with Crippen molar-refractivity contribution in [2.45, 2.75) is 32.1 Å². The number of nitrogens with one attached hydrogen (secondary N) is 1. The van der Waals surface area contributed by atoms with E-state index in [-0.39, 0.29) is 24.4 Å². The Morgan fingerprint density at radius 1 is 1.12 bits per heavy atom. The van der Waals surface area contributed by atoms with Crippen LogP contribution in [0.25, 0.3) is 0 Å². The first kappa shape index (κ1) is 16.6. The maximum atomic E-state index is 12.8. The molecule has 0 radical (unpaired) electrons. The van der Waals surface area contributed by atoms with Gasteiger partial charge in [0.25, 0.3) is 5.91 Å². The van der Waals surface area contributed by atoms with Gasteiger partial charge in [-0.15, -0.1) is 0 Å². The number of ether oxygens (including phenoxy) is 1. The average molecular weight is 333 g/mol. The summed E-state index contributed by atoms with van der Waals surface area (Å²) in [5.74, 6) is -1.32. The van der Waals surface area contributed by atoms with Gasteiger partial charge in [-0.05, 0) is 49.9 Å². The first-order valence-electron chi connectivity index (χ1n) is 8.28. The van der Waals surface area contributed by atoms with Crippen molar-refractivity contribution in [3.63, 3.8) is 0 Å². The van der Waals surface area contributed by atoms with Gasteiger partial charge in [-0.2, -0.15) is 0 Å². The summed E-state index contributed by atoms with van der Waals surface area (Å²) >= 11 is 0. The van der Waals surface area contributed by atoms with Crippen molar-refractivity contribution < 1.29 is 23.5 Å². The summed E-state index contributed by atoms with van der Waals surface area (Å²) in [6.45, 7) is -0.379. The van der Waals surface area contributed by atoms with Crippen LogP contribution in [-0.2, 0) is 19.1 Å². The fourth-order valence-corrected chi connectivity index (χ4v) is 3.66. The van der Waals surface area contributed by atoms with Gasteiger partial charge in [0.1, 0.15) is 11.6 Å². The molecule has 24 heavy (non-hydrogen) atoms. The molecule has 3 rings (SSSR count). The minimum atomic E-state index is -0.470. The molecular weight excluding hydrogens is 313 g/mol. The SMILES string of the molecule is O=C(COC(=O)C1C[C@H]2CCC[C@@H](C1)C2=O)Nc1ccc(F)cc1. The van der Waals surface area contributed by atoms with Gasteiger partial charge in [-0.3, -0.25) is 14.4 Å². The van der Waals surface area contributed by atoms with Gasteiger partial charge in [0, 0.05) is 17.5 Å². The summed E-state index contributed by atoms with van der Waals surface area (Å²) in [4.78, 5) is 36.0. The smallest absolute Gasteiger partial charge is 0.309 e. The summed E-state index contributed by atoms with van der Waals surface area (Å²) < 4.78 is 17.9. The summed E-state index contributed by atoms with van der Waals surface area (Å²) in [6.07, 6.45) is 3.82. The third-order valence-electron chi connectivity index (χ3n) is 4.85. The van der Waals surface area contributed by atoms with E-state index in [1.807, 2.05) is 0 Å². The number of hydrogen-bond acceptors (Lipinski definition) is 4. The highest BCUT2D eigenvalue weighted by atomic mass is 19.1. The van der Waals surface area contributed by atoms with Crippen LogP contribution in [0.3, 0.4) is 0 Å². The lowest BCUT2D eigenvalue weighted by Gasteiger charge is -2.36. The molecule has 0 heterocycles. The second-order valence-electron chi connectivity index (χ2n) is 6.56. The van der Waals surface area contributed by atoms with Crippen molar-refractivity contribution in [1.82, 2.24) is 0 Å². The fraction of sp³-hybridized carbons (Fsp3) is 0.500. The number of carbonyl (C=O) groups is 3. The van der Waals surface area contributed by atoms with Crippen molar-refractivity contribution in [3.05, 3.63) is 30.1 Å². The number of amides is 1. The number of halogens is 1. The Bertz CT molecular complexity index is 627. The highest BCUT2D eigenvalue weighted by molar-refractivity contribution is 5.93. The molecule has 2 aliphatic rings. The Labute approximate surface area is 139 Å². The molecule has 6 heteroatoms. The number of Topliss-reactive ketones (excluding diaryl/α,β-unsaturated/α-hetero) is 1. The predicted molar refractivity (Wildman–Crippen MR) is 84.6 cm³/mol. The normalized spacial score (nSPS) is 25.9. The number of carbonyl (C=O) groups excluding carboxylic acids is 3. The Hall–Kier alpha value is -2.24. The van der Waals surface area contributed by atoms with Crippen LogP contribution in [0, 0.1) is 23.6 Å². The minimum Gasteiger partial charge on any atom is -0.455 e. The molecule has 128 valence electrons. The van der Waals surface area contributed by atoms with Crippen molar-refractivity contribution in [2.75, 3.05) is 11.9 Å². The molecule has 2 saturated carbocycles. The topological polar surface area (TPSA) is 72.5 Å². The lowest BCUT2D eigenvalue weighted by atomic mass is 9.67. The molecule has 1 aromatic rings. The number of rotatable bonds is 4. The molecule has 5 nitrogen and oxygen atoms in total. The summed E-state index contributed by atoms with van der Waals surface area (Å²) in [6, 6.07) is 5.34. The molecule has 0 spiro atoms. The van der Waals surface area contributed by atoms with Crippen LogP contribution >= 0.6 is 0 Å². The van der Waals surface area contributed by atoms with Crippen LogP contribution in [0.5, 0.6) is 0 Å². The van der Waals surface area contributed by atoms with Gasteiger partial charge >= 0.3 is 5.97 Å². The first-order valence-corrected chi connectivity index (χ1v) is 8.28. The van der Waals surface area contributed by atoms with E-state index in [2.05, 4.69) is 5.32 Å². The predicted octanol–water partition coefficient (Wildman–Crippen LogP) is 2.70. The zero-order valence-corrected chi connectivity index (χ0v) is 13.3. The summed E-state index contributed by atoms with van der Waals surface area (Å²) in [5, 5.41) is 2.54. The maximum Gasteiger partial charge on any atom is 0.309 e. The van der Waals surface area contributed by atoms with Crippen molar-refractivity contribution in [1.29, 1.82) is 0 Å². The number of anilines is 1. The third-order valence-corrected chi connectivity index (χ3v) is 4.85. The summed E-state index contributed by atoms with van der Waals surface area (Å²) in [5.41, 5.74) is 0.440. The third kappa shape index (κ3) is 3.80. The van der Waals surface area contributed by atoms with Gasteiger partial charge in [0.2, 0.25) is 0 Å². The Morgan fingerprint density at radius 3 is 2.38 bits per heavy atom. The quantitative estimate of drug-likeness (QED) is 0.860. The van der Waals surface area contributed by atoms with Crippen LogP contribution in [0.1, 0.15) is 32.1 Å². The summed E-state index contributed by atoms with van der Waals surface area (Å²) in [7, 11) is 0. The van der Waals surface area contributed by atoms with Gasteiger partial charge in [-0.1, -0.05) is 6.42 Å². The number of benzene rings is 1. The minimum absolute atomic E-state index is 0.0249. The number of esters is 1. The molecule has 1 amide bonds. The lowest BCUT2D eigenvalue weighted by Crippen LogP contribution is -2.40. The molecular formula is C18H20FNO4. The van der Waals surface area contributed by atoms with Gasteiger partial charge in [0.05, 0.1) is 5.92 Å². The zero-order valence-electron chi connectivity index (χ0n) is 13.3. The Kier molecular flexibility index (Phi) is 4.92. The van der Waals surface area contributed by atoms with Crippen molar-refractivity contribution in [3.8, 4) is 0 Å². The van der Waals surface area contributed by atoms with Crippen molar-refractivity contribution >= 4 is 23.3 Å². The van der Waals surface area contributed by atoms with E-state index in [0.29, 0.717) is 24.3 Å². The largest absolute Gasteiger partial charge is 0.455 e. The Balaban J connectivity index is 1.47. The zero-order chi connectivity index (χ0) is 17.1. The van der Waals surface area contributed by atoms with Gasteiger partial charge in [0.15, 0.2) is 6.61 Å². The van der Waals surface area contributed by atoms with E-state index in [1.165, 1.54) is 24.3 Å². The van der Waals surface area contributed by atoms with Crippen LogP contribution in [-0.4, -0.2) is 24.3 Å². The molecule has 2 aliphatic carbocycles. The molecule has 3 atom stereocenters. The van der Waals surface area contributed by atoms with Crippen LogP contribution in [0.15, 0.2) is 24.3 Å². The molecule has 1 unspecified atom stereocenters. The number of hydrogen-bond donors (Lipinski definition) is 1. The lowest BCUT2D eigenvalue weighted by molar-refractivity contribution is -0.155. The van der Waals surface area contributed by atoms with E-state index in [1.54, 1.807) is 0 Å². The molecule has 1 aromatic carbocycles. The van der Waals surface area contributed by atoms with Crippen molar-refractivity contribution in [2.24, 2.45) is 17.8 Å². The molecule has 2 fully saturated rings. The fourth-order valence-electron chi connectivity index (χ4n) is 3.66. The van der Waals surface area contributed by atoms with E-state index >= 15 is 0 Å². The molecule has 0 aromatic heterocycles. The van der Waals surface area contributed by atoms with Crippen LogP contribution in [0.4, 0.5) is 10.1 Å². The van der Waals surface area contributed by atoms with E-state index in [0.717, 1.165) is 19.3 Å². The molecule has 2 bridgehead atoms. The van der Waals surface area contributed by atoms with E-state index in [9.17, 15) is 18.8 Å².